The van der Waals surface area contributed by atoms with Crippen LogP contribution in [0, 0.1) is 0 Å². The zero-order chi connectivity index (χ0) is 13.0. The van der Waals surface area contributed by atoms with Gasteiger partial charge in [0, 0.05) is 6.04 Å². The van der Waals surface area contributed by atoms with Crippen molar-refractivity contribution in [2.24, 2.45) is 0 Å². The molecule has 1 unspecified atom stereocenters. The van der Waals surface area contributed by atoms with Crippen molar-refractivity contribution in [1.29, 1.82) is 0 Å². The molecule has 2 rings (SSSR count). The van der Waals surface area contributed by atoms with Gasteiger partial charge in [-0.1, -0.05) is 18.2 Å². The fourth-order valence-corrected chi connectivity index (χ4v) is 3.65. The molecule has 18 heavy (non-hydrogen) atoms. The van der Waals surface area contributed by atoms with Gasteiger partial charge in [-0.05, 0) is 31.0 Å². The van der Waals surface area contributed by atoms with Crippen LogP contribution in [0.15, 0.2) is 24.3 Å². The molecule has 0 spiro atoms. The zero-order valence-electron chi connectivity index (χ0n) is 10.6. The van der Waals surface area contributed by atoms with Crippen LogP contribution in [0.25, 0.3) is 0 Å². The molecule has 0 bridgehead atoms. The lowest BCUT2D eigenvalue weighted by molar-refractivity contribution is 0.398. The summed E-state index contributed by atoms with van der Waals surface area (Å²) in [7, 11) is -1.38. The van der Waals surface area contributed by atoms with E-state index in [-0.39, 0.29) is 17.5 Å². The molecule has 0 radical (unpaired) electrons. The van der Waals surface area contributed by atoms with Crippen molar-refractivity contribution in [2.45, 2.75) is 18.9 Å². The summed E-state index contributed by atoms with van der Waals surface area (Å²) in [6.07, 6.45) is 1.48. The first-order valence-electron chi connectivity index (χ1n) is 6.16. The Morgan fingerprint density at radius 3 is 2.72 bits per heavy atom. The Hall–Kier alpha value is -1.07. The number of hydrogen-bond donors (Lipinski definition) is 1. The molecule has 1 N–H and O–H groups in total. The fraction of sp³-hybridized carbons (Fsp3) is 0.538. The molecular formula is C13H19NO3S. The lowest BCUT2D eigenvalue weighted by Crippen LogP contribution is -2.47. The summed E-state index contributed by atoms with van der Waals surface area (Å²) >= 11 is 0. The maximum Gasteiger partial charge on any atom is 0.152 e. The smallest absolute Gasteiger partial charge is 0.152 e. The number of nitrogens with one attached hydrogen (secondary N) is 1. The van der Waals surface area contributed by atoms with Crippen LogP contribution in [-0.2, 0) is 16.3 Å². The third-order valence-electron chi connectivity index (χ3n) is 3.26. The van der Waals surface area contributed by atoms with E-state index in [1.54, 1.807) is 7.11 Å². The third-order valence-corrected chi connectivity index (χ3v) is 4.99. The van der Waals surface area contributed by atoms with Crippen LogP contribution in [0.3, 0.4) is 0 Å². The summed E-state index contributed by atoms with van der Waals surface area (Å²) in [4.78, 5) is 0. The number of sulfone groups is 1. The van der Waals surface area contributed by atoms with Gasteiger partial charge in [0.05, 0.1) is 18.6 Å². The molecule has 0 aliphatic carbocycles. The first-order chi connectivity index (χ1) is 8.61. The number of rotatable bonds is 6. The summed E-state index contributed by atoms with van der Waals surface area (Å²) in [6.45, 7) is 0.937. The summed E-state index contributed by atoms with van der Waals surface area (Å²) in [5, 5.41) is 3.12. The minimum absolute atomic E-state index is 0.160. The minimum Gasteiger partial charge on any atom is -0.496 e. The summed E-state index contributed by atoms with van der Waals surface area (Å²) in [6, 6.07) is 7.71. The molecule has 100 valence electrons. The van der Waals surface area contributed by atoms with Gasteiger partial charge in [-0.15, -0.1) is 0 Å². The molecule has 5 heteroatoms. The van der Waals surface area contributed by atoms with Gasteiger partial charge in [-0.3, -0.25) is 0 Å². The van der Waals surface area contributed by atoms with Crippen molar-refractivity contribution >= 4 is 9.84 Å². The summed E-state index contributed by atoms with van der Waals surface area (Å²) < 4.78 is 29.1. The Kier molecular flexibility index (Phi) is 4.24. The molecule has 1 fully saturated rings. The number of ether oxygens (including phenoxy) is 1. The van der Waals surface area contributed by atoms with Gasteiger partial charge in [-0.2, -0.15) is 0 Å². The highest BCUT2D eigenvalue weighted by Gasteiger charge is 2.23. The van der Waals surface area contributed by atoms with Crippen molar-refractivity contribution in [1.82, 2.24) is 5.32 Å². The molecule has 1 aromatic carbocycles. The van der Waals surface area contributed by atoms with Gasteiger partial charge in [-0.25, -0.2) is 8.42 Å². The van der Waals surface area contributed by atoms with E-state index >= 15 is 0 Å². The minimum atomic E-state index is -2.98. The number of hydrogen-bond acceptors (Lipinski definition) is 4. The molecule has 1 saturated heterocycles. The van der Waals surface area contributed by atoms with E-state index < -0.39 is 9.84 Å². The zero-order valence-corrected chi connectivity index (χ0v) is 11.4. The highest BCUT2D eigenvalue weighted by atomic mass is 32.2. The quantitative estimate of drug-likeness (QED) is 0.837. The van der Waals surface area contributed by atoms with Crippen molar-refractivity contribution in [2.75, 3.05) is 25.2 Å². The second-order valence-electron chi connectivity index (χ2n) is 4.62. The molecule has 1 aliphatic rings. The topological polar surface area (TPSA) is 55.4 Å². The second-order valence-corrected chi connectivity index (χ2v) is 6.84. The molecule has 1 aliphatic heterocycles. The number of aryl methyl sites for hydroxylation is 1. The average molecular weight is 269 g/mol. The first kappa shape index (κ1) is 13.4. The Labute approximate surface area is 108 Å². The van der Waals surface area contributed by atoms with Gasteiger partial charge >= 0.3 is 0 Å². The van der Waals surface area contributed by atoms with E-state index in [2.05, 4.69) is 5.32 Å². The van der Waals surface area contributed by atoms with Crippen LogP contribution < -0.4 is 10.1 Å². The van der Waals surface area contributed by atoms with Crippen LogP contribution >= 0.6 is 0 Å². The predicted molar refractivity (Wildman–Crippen MR) is 71.8 cm³/mol. The van der Waals surface area contributed by atoms with E-state index in [0.717, 1.165) is 24.3 Å². The van der Waals surface area contributed by atoms with Crippen LogP contribution in [-0.4, -0.2) is 39.6 Å². The van der Waals surface area contributed by atoms with Gasteiger partial charge < -0.3 is 10.1 Å². The molecule has 0 saturated carbocycles. The molecule has 0 aromatic heterocycles. The van der Waals surface area contributed by atoms with Gasteiger partial charge in [0.15, 0.2) is 9.84 Å². The molecule has 4 nitrogen and oxygen atoms in total. The monoisotopic (exact) mass is 269 g/mol. The van der Waals surface area contributed by atoms with Crippen LogP contribution in [0.4, 0.5) is 0 Å². The van der Waals surface area contributed by atoms with Crippen LogP contribution in [0.2, 0.25) is 0 Å². The summed E-state index contributed by atoms with van der Waals surface area (Å²) in [5.74, 6) is 1.20. The lowest BCUT2D eigenvalue weighted by Gasteiger charge is -2.27. The molecular weight excluding hydrogens is 250 g/mol. The molecule has 1 aromatic rings. The van der Waals surface area contributed by atoms with E-state index in [0.29, 0.717) is 6.42 Å². The highest BCUT2D eigenvalue weighted by molar-refractivity contribution is 7.91. The third kappa shape index (κ3) is 3.46. The molecule has 0 amide bonds. The molecule has 1 atom stereocenters. The van der Waals surface area contributed by atoms with Crippen molar-refractivity contribution in [3.63, 3.8) is 0 Å². The normalized spacial score (nSPS) is 19.3. The van der Waals surface area contributed by atoms with E-state index in [1.165, 1.54) is 0 Å². The van der Waals surface area contributed by atoms with E-state index in [4.69, 9.17) is 4.74 Å². The number of methoxy groups -OCH3 is 1. The van der Waals surface area contributed by atoms with Crippen molar-refractivity contribution in [3.05, 3.63) is 29.8 Å². The van der Waals surface area contributed by atoms with Crippen molar-refractivity contribution < 1.29 is 13.2 Å². The van der Waals surface area contributed by atoms with E-state index in [9.17, 15) is 8.42 Å². The average Bonchev–Trinajstić information content (AvgIpc) is 2.32. The van der Waals surface area contributed by atoms with E-state index in [1.807, 2.05) is 24.3 Å². The Balaban J connectivity index is 1.93. The maximum absolute atomic E-state index is 11.9. The van der Waals surface area contributed by atoms with Gasteiger partial charge in [0.1, 0.15) is 5.75 Å². The Morgan fingerprint density at radius 1 is 1.39 bits per heavy atom. The standard InChI is InChI=1S/C13H19NO3S/c1-17-13-5-3-2-4-11(13)7-9-18(15,16)10-12-6-8-14-12/h2-5,12,14H,6-10H2,1H3. The number of benzene rings is 1. The predicted octanol–water partition coefficient (Wildman–Crippen LogP) is 1.01. The van der Waals surface area contributed by atoms with Gasteiger partial charge in [0.2, 0.25) is 0 Å². The first-order valence-corrected chi connectivity index (χ1v) is 7.98. The van der Waals surface area contributed by atoms with Gasteiger partial charge in [0.25, 0.3) is 0 Å². The van der Waals surface area contributed by atoms with Crippen LogP contribution in [0.1, 0.15) is 12.0 Å². The molecule has 1 heterocycles. The highest BCUT2D eigenvalue weighted by Crippen LogP contribution is 2.18. The Bertz CT molecular complexity index is 495. The summed E-state index contributed by atoms with van der Waals surface area (Å²) in [5.41, 5.74) is 0.949. The lowest BCUT2D eigenvalue weighted by atomic mass is 10.1. The van der Waals surface area contributed by atoms with Crippen LogP contribution in [0.5, 0.6) is 5.75 Å². The Morgan fingerprint density at radius 2 is 2.11 bits per heavy atom. The largest absolute Gasteiger partial charge is 0.496 e. The SMILES string of the molecule is COc1ccccc1CCS(=O)(=O)CC1CCN1. The van der Waals surface area contributed by atoms with Crippen molar-refractivity contribution in [3.8, 4) is 5.75 Å². The maximum atomic E-state index is 11.9. The number of para-hydroxylation sites is 1. The second kappa shape index (κ2) is 5.71. The fourth-order valence-electron chi connectivity index (χ4n) is 2.06.